The Balaban J connectivity index is 2.05. The van der Waals surface area contributed by atoms with E-state index < -0.39 is 5.97 Å². The molecule has 0 radical (unpaired) electrons. The number of carboxylic acid groups (broad SMARTS) is 1. The van der Waals surface area contributed by atoms with E-state index in [-0.39, 0.29) is 31.0 Å². The van der Waals surface area contributed by atoms with E-state index in [1.165, 1.54) is 6.07 Å². The van der Waals surface area contributed by atoms with Gasteiger partial charge in [0.1, 0.15) is 18.2 Å². The van der Waals surface area contributed by atoms with Gasteiger partial charge < -0.3 is 9.84 Å². The molecule has 0 unspecified atom stereocenters. The molecular formula is C18H17FO4. The highest BCUT2D eigenvalue weighted by molar-refractivity contribution is 5.97. The van der Waals surface area contributed by atoms with Crippen LogP contribution in [0.15, 0.2) is 42.5 Å². The largest absolute Gasteiger partial charge is 0.489 e. The van der Waals surface area contributed by atoms with Crippen LogP contribution in [0.4, 0.5) is 4.39 Å². The summed E-state index contributed by atoms with van der Waals surface area (Å²) in [5.41, 5.74) is 1.64. The van der Waals surface area contributed by atoms with Crippen LogP contribution in [0.3, 0.4) is 0 Å². The maximum atomic E-state index is 13.7. The van der Waals surface area contributed by atoms with Gasteiger partial charge in [-0.15, -0.1) is 0 Å². The van der Waals surface area contributed by atoms with E-state index in [2.05, 4.69) is 0 Å². The van der Waals surface area contributed by atoms with Gasteiger partial charge >= 0.3 is 5.97 Å². The minimum absolute atomic E-state index is 0.0608. The maximum Gasteiger partial charge on any atom is 0.303 e. The van der Waals surface area contributed by atoms with E-state index in [0.717, 1.165) is 5.56 Å². The van der Waals surface area contributed by atoms with Gasteiger partial charge in [0.05, 0.1) is 6.42 Å². The molecule has 0 aliphatic carbocycles. The van der Waals surface area contributed by atoms with Gasteiger partial charge in [-0.05, 0) is 30.7 Å². The predicted octanol–water partition coefficient (Wildman–Crippen LogP) is 3.76. The number of hydrogen-bond donors (Lipinski definition) is 1. The molecule has 120 valence electrons. The highest BCUT2D eigenvalue weighted by Gasteiger charge is 2.10. The summed E-state index contributed by atoms with van der Waals surface area (Å²) in [5, 5.41) is 8.61. The molecule has 0 aromatic heterocycles. The summed E-state index contributed by atoms with van der Waals surface area (Å²) in [7, 11) is 0. The number of ether oxygens (including phenoxy) is 1. The van der Waals surface area contributed by atoms with Crippen molar-refractivity contribution in [2.75, 3.05) is 0 Å². The number of benzene rings is 2. The molecule has 0 amide bonds. The second kappa shape index (κ2) is 7.54. The van der Waals surface area contributed by atoms with Crippen molar-refractivity contribution >= 4 is 11.8 Å². The Kier molecular flexibility index (Phi) is 5.46. The first kappa shape index (κ1) is 16.7. The van der Waals surface area contributed by atoms with Crippen molar-refractivity contribution in [2.24, 2.45) is 0 Å². The zero-order valence-corrected chi connectivity index (χ0v) is 12.7. The molecule has 0 saturated carbocycles. The summed E-state index contributed by atoms with van der Waals surface area (Å²) >= 11 is 0. The van der Waals surface area contributed by atoms with Crippen LogP contribution >= 0.6 is 0 Å². The smallest absolute Gasteiger partial charge is 0.303 e. The topological polar surface area (TPSA) is 63.6 Å². The average molecular weight is 316 g/mol. The lowest BCUT2D eigenvalue weighted by atomic mass is 10.1. The number of carbonyl (C=O) groups excluding carboxylic acids is 1. The number of hydrogen-bond acceptors (Lipinski definition) is 3. The average Bonchev–Trinajstić information content (AvgIpc) is 2.52. The fourth-order valence-corrected chi connectivity index (χ4v) is 2.13. The molecule has 0 spiro atoms. The van der Waals surface area contributed by atoms with Crippen LogP contribution in [-0.4, -0.2) is 16.9 Å². The zero-order valence-electron chi connectivity index (χ0n) is 12.7. The Hall–Kier alpha value is -2.69. The number of carbonyl (C=O) groups is 2. The monoisotopic (exact) mass is 316 g/mol. The van der Waals surface area contributed by atoms with E-state index in [0.29, 0.717) is 16.9 Å². The van der Waals surface area contributed by atoms with Crippen LogP contribution in [0.25, 0.3) is 0 Å². The Morgan fingerprint density at radius 2 is 1.87 bits per heavy atom. The van der Waals surface area contributed by atoms with Crippen molar-refractivity contribution in [3.63, 3.8) is 0 Å². The molecule has 4 nitrogen and oxygen atoms in total. The third-order valence-corrected chi connectivity index (χ3v) is 3.46. The first-order valence-corrected chi connectivity index (χ1v) is 7.19. The summed E-state index contributed by atoms with van der Waals surface area (Å²) in [6.45, 7) is 1.86. The quantitative estimate of drug-likeness (QED) is 0.790. The fourth-order valence-electron chi connectivity index (χ4n) is 2.13. The molecule has 2 aromatic carbocycles. The summed E-state index contributed by atoms with van der Waals surface area (Å²) in [6.07, 6.45) is -0.274. The Labute approximate surface area is 133 Å². The molecule has 0 aliphatic rings. The van der Waals surface area contributed by atoms with Gasteiger partial charge in [0, 0.05) is 17.5 Å². The summed E-state index contributed by atoms with van der Waals surface area (Å²) in [4.78, 5) is 22.4. The molecule has 0 saturated heterocycles. The van der Waals surface area contributed by atoms with Crippen LogP contribution in [0, 0.1) is 12.7 Å². The third-order valence-electron chi connectivity index (χ3n) is 3.46. The SMILES string of the molecule is Cc1cccc(F)c1COc1cccc(C(=O)CCC(=O)O)c1. The minimum atomic E-state index is -1.01. The lowest BCUT2D eigenvalue weighted by Crippen LogP contribution is -2.05. The number of Topliss-reactive ketones (excluding diaryl/α,β-unsaturated/α-hetero) is 1. The molecule has 5 heteroatoms. The molecule has 1 N–H and O–H groups in total. The molecular weight excluding hydrogens is 299 g/mol. The van der Waals surface area contributed by atoms with Gasteiger partial charge in [0.15, 0.2) is 5.78 Å². The number of rotatable bonds is 7. The number of carboxylic acids is 1. The molecule has 0 atom stereocenters. The second-order valence-electron chi connectivity index (χ2n) is 5.17. The molecule has 0 bridgehead atoms. The molecule has 2 aromatic rings. The highest BCUT2D eigenvalue weighted by Crippen LogP contribution is 2.19. The number of aliphatic carboxylic acids is 1. The van der Waals surface area contributed by atoms with Gasteiger partial charge in [-0.3, -0.25) is 9.59 Å². The van der Waals surface area contributed by atoms with Crippen LogP contribution in [-0.2, 0) is 11.4 Å². The van der Waals surface area contributed by atoms with Gasteiger partial charge in [0.2, 0.25) is 0 Å². The number of aryl methyl sites for hydroxylation is 1. The fraction of sp³-hybridized carbons (Fsp3) is 0.222. The number of halogens is 1. The van der Waals surface area contributed by atoms with Gasteiger partial charge in [-0.1, -0.05) is 24.3 Å². The van der Waals surface area contributed by atoms with Gasteiger partial charge in [0.25, 0.3) is 0 Å². The maximum absolute atomic E-state index is 13.7. The normalized spacial score (nSPS) is 10.3. The summed E-state index contributed by atoms with van der Waals surface area (Å²) in [5.74, 6) is -1.17. The van der Waals surface area contributed by atoms with Gasteiger partial charge in [-0.2, -0.15) is 0 Å². The predicted molar refractivity (Wildman–Crippen MR) is 83.1 cm³/mol. The standard InChI is InChI=1S/C18H17FO4/c1-12-4-2-7-16(19)15(12)11-23-14-6-3-5-13(10-14)17(20)8-9-18(21)22/h2-7,10H,8-9,11H2,1H3,(H,21,22). The molecule has 0 heterocycles. The van der Waals surface area contributed by atoms with E-state index in [1.807, 2.05) is 0 Å². The van der Waals surface area contributed by atoms with Crippen molar-refractivity contribution in [2.45, 2.75) is 26.4 Å². The van der Waals surface area contributed by atoms with Crippen LogP contribution in [0.2, 0.25) is 0 Å². The van der Waals surface area contributed by atoms with Crippen LogP contribution < -0.4 is 4.74 Å². The highest BCUT2D eigenvalue weighted by atomic mass is 19.1. The van der Waals surface area contributed by atoms with Crippen LogP contribution in [0.1, 0.15) is 34.3 Å². The second-order valence-corrected chi connectivity index (χ2v) is 5.17. The van der Waals surface area contributed by atoms with E-state index in [4.69, 9.17) is 9.84 Å². The minimum Gasteiger partial charge on any atom is -0.489 e. The zero-order chi connectivity index (χ0) is 16.8. The summed E-state index contributed by atoms with van der Waals surface area (Å²) in [6, 6.07) is 11.3. The van der Waals surface area contributed by atoms with Crippen molar-refractivity contribution in [3.8, 4) is 5.75 Å². The van der Waals surface area contributed by atoms with E-state index >= 15 is 0 Å². The van der Waals surface area contributed by atoms with Crippen molar-refractivity contribution in [3.05, 3.63) is 65.0 Å². The lowest BCUT2D eigenvalue weighted by Gasteiger charge is -2.10. The molecule has 2 rings (SSSR count). The van der Waals surface area contributed by atoms with Gasteiger partial charge in [-0.25, -0.2) is 4.39 Å². The molecule has 0 aliphatic heterocycles. The summed E-state index contributed by atoms with van der Waals surface area (Å²) < 4.78 is 19.3. The van der Waals surface area contributed by atoms with Crippen LogP contribution in [0.5, 0.6) is 5.75 Å². The first-order valence-electron chi connectivity index (χ1n) is 7.19. The molecule has 0 fully saturated rings. The lowest BCUT2D eigenvalue weighted by molar-refractivity contribution is -0.136. The molecule has 23 heavy (non-hydrogen) atoms. The Bertz CT molecular complexity index is 704. The first-order chi connectivity index (χ1) is 11.0. The van der Waals surface area contributed by atoms with E-state index in [1.54, 1.807) is 43.3 Å². The Morgan fingerprint density at radius 1 is 1.13 bits per heavy atom. The Morgan fingerprint density at radius 3 is 2.57 bits per heavy atom. The van der Waals surface area contributed by atoms with E-state index in [9.17, 15) is 14.0 Å². The van der Waals surface area contributed by atoms with Crippen molar-refractivity contribution in [1.29, 1.82) is 0 Å². The third kappa shape index (κ3) is 4.64. The van der Waals surface area contributed by atoms with Crippen molar-refractivity contribution < 1.29 is 23.8 Å². The number of ketones is 1. The van der Waals surface area contributed by atoms with Crippen molar-refractivity contribution in [1.82, 2.24) is 0 Å².